The van der Waals surface area contributed by atoms with Crippen molar-refractivity contribution in [1.82, 2.24) is 15.0 Å². The summed E-state index contributed by atoms with van der Waals surface area (Å²) in [7, 11) is 1.77. The lowest BCUT2D eigenvalue weighted by Gasteiger charge is -2.35. The highest BCUT2D eigenvalue weighted by Gasteiger charge is 2.30. The van der Waals surface area contributed by atoms with Gasteiger partial charge in [0.25, 0.3) is 0 Å². The van der Waals surface area contributed by atoms with Gasteiger partial charge < -0.3 is 20.1 Å². The van der Waals surface area contributed by atoms with Crippen molar-refractivity contribution in [2.45, 2.75) is 45.3 Å². The molecule has 1 aromatic heterocycles. The van der Waals surface area contributed by atoms with Gasteiger partial charge in [-0.15, -0.1) is 0 Å². The van der Waals surface area contributed by atoms with E-state index in [0.29, 0.717) is 36.7 Å². The highest BCUT2D eigenvalue weighted by Crippen LogP contribution is 2.26. The van der Waals surface area contributed by atoms with E-state index in [2.05, 4.69) is 25.6 Å². The van der Waals surface area contributed by atoms with Gasteiger partial charge in [0.2, 0.25) is 11.9 Å². The second-order valence-corrected chi connectivity index (χ2v) is 4.75. The van der Waals surface area contributed by atoms with Gasteiger partial charge >= 0.3 is 6.01 Å². The van der Waals surface area contributed by atoms with Crippen LogP contribution in [0.15, 0.2) is 0 Å². The summed E-state index contributed by atoms with van der Waals surface area (Å²) in [6, 6.07) is 0.715. The van der Waals surface area contributed by atoms with Crippen LogP contribution >= 0.6 is 0 Å². The first-order valence-corrected chi connectivity index (χ1v) is 7.19. The smallest absolute Gasteiger partial charge is 0.323 e. The number of anilines is 2. The molecule has 2 N–H and O–H groups in total. The van der Waals surface area contributed by atoms with Crippen molar-refractivity contribution in [3.8, 4) is 6.01 Å². The second-order valence-electron chi connectivity index (χ2n) is 4.75. The molecule has 0 unspecified atom stereocenters. The maximum Gasteiger partial charge on any atom is 0.323 e. The van der Waals surface area contributed by atoms with E-state index in [-0.39, 0.29) is 0 Å². The molecule has 1 fully saturated rings. The van der Waals surface area contributed by atoms with E-state index < -0.39 is 0 Å². The maximum atomic E-state index is 5.54. The van der Waals surface area contributed by atoms with Crippen LogP contribution in [0.2, 0.25) is 0 Å². The zero-order chi connectivity index (χ0) is 14.4. The number of ether oxygens (including phenoxy) is 2. The third-order valence-corrected chi connectivity index (χ3v) is 3.10. The van der Waals surface area contributed by atoms with Gasteiger partial charge in [-0.25, -0.2) is 0 Å². The van der Waals surface area contributed by atoms with Gasteiger partial charge in [0, 0.05) is 19.7 Å². The van der Waals surface area contributed by atoms with Gasteiger partial charge in [0.1, 0.15) is 0 Å². The van der Waals surface area contributed by atoms with Crippen LogP contribution in [0.5, 0.6) is 6.01 Å². The number of nitrogens with one attached hydrogen (secondary N) is 2. The standard InChI is InChI=1S/C13H23N5O2/c1-4-6-20-13-17-11(14-3)16-12(18-13)15-9-7-10(8-9)19-5-2/h9-10H,4-8H2,1-3H3,(H2,14,15,16,17,18). The average Bonchev–Trinajstić information content (AvgIpc) is 2.42. The van der Waals surface area contributed by atoms with Crippen LogP contribution in [0.3, 0.4) is 0 Å². The minimum atomic E-state index is 0.356. The van der Waals surface area contributed by atoms with Crippen LogP contribution < -0.4 is 15.4 Å². The molecule has 112 valence electrons. The predicted molar refractivity (Wildman–Crippen MR) is 77.2 cm³/mol. The molecule has 20 heavy (non-hydrogen) atoms. The van der Waals surface area contributed by atoms with Crippen LogP contribution in [0, 0.1) is 0 Å². The molecule has 1 heterocycles. The molecule has 0 spiro atoms. The summed E-state index contributed by atoms with van der Waals surface area (Å²) >= 11 is 0. The molecule has 7 nitrogen and oxygen atoms in total. The molecule has 7 heteroatoms. The average molecular weight is 281 g/mol. The van der Waals surface area contributed by atoms with E-state index in [9.17, 15) is 0 Å². The van der Waals surface area contributed by atoms with Crippen molar-refractivity contribution < 1.29 is 9.47 Å². The van der Waals surface area contributed by atoms with Crippen molar-refractivity contribution in [2.75, 3.05) is 30.9 Å². The highest BCUT2D eigenvalue weighted by atomic mass is 16.5. The number of nitrogens with zero attached hydrogens (tertiary/aromatic N) is 3. The van der Waals surface area contributed by atoms with Gasteiger partial charge in [-0.3, -0.25) is 0 Å². The third-order valence-electron chi connectivity index (χ3n) is 3.10. The topological polar surface area (TPSA) is 81.2 Å². The Balaban J connectivity index is 1.93. The van der Waals surface area contributed by atoms with Crippen LogP contribution in [0.25, 0.3) is 0 Å². The Bertz CT molecular complexity index is 423. The Morgan fingerprint density at radius 2 is 1.90 bits per heavy atom. The lowest BCUT2D eigenvalue weighted by Crippen LogP contribution is -2.41. The van der Waals surface area contributed by atoms with Gasteiger partial charge in [-0.05, 0) is 26.2 Å². The maximum absolute atomic E-state index is 5.54. The number of hydrogen-bond donors (Lipinski definition) is 2. The summed E-state index contributed by atoms with van der Waals surface area (Å²) in [4.78, 5) is 12.7. The van der Waals surface area contributed by atoms with Crippen LogP contribution in [0.4, 0.5) is 11.9 Å². The molecule has 1 aromatic rings. The van der Waals surface area contributed by atoms with Gasteiger partial charge in [-0.1, -0.05) is 6.92 Å². The number of hydrogen-bond acceptors (Lipinski definition) is 7. The molecule has 0 atom stereocenters. The normalized spacial score (nSPS) is 21.1. The van der Waals surface area contributed by atoms with Crippen molar-refractivity contribution >= 4 is 11.9 Å². The molecular weight excluding hydrogens is 258 g/mol. The highest BCUT2D eigenvalue weighted by molar-refractivity contribution is 5.36. The van der Waals surface area contributed by atoms with Crippen molar-refractivity contribution in [3.63, 3.8) is 0 Å². The summed E-state index contributed by atoms with van der Waals surface area (Å²) < 4.78 is 11.0. The number of aromatic nitrogens is 3. The first kappa shape index (κ1) is 14.8. The molecule has 0 radical (unpaired) electrons. The van der Waals surface area contributed by atoms with Crippen LogP contribution in [-0.2, 0) is 4.74 Å². The molecule has 2 rings (SSSR count). The molecule has 1 saturated carbocycles. The minimum absolute atomic E-state index is 0.356. The summed E-state index contributed by atoms with van der Waals surface area (Å²) in [6.07, 6.45) is 3.25. The molecule has 0 saturated heterocycles. The quantitative estimate of drug-likeness (QED) is 0.750. The Labute approximate surface area is 119 Å². The van der Waals surface area contributed by atoms with E-state index in [1.165, 1.54) is 0 Å². The zero-order valence-electron chi connectivity index (χ0n) is 12.3. The summed E-state index contributed by atoms with van der Waals surface area (Å²) in [5.41, 5.74) is 0. The molecule has 0 aliphatic heterocycles. The van der Waals surface area contributed by atoms with Gasteiger partial charge in [0.05, 0.1) is 12.7 Å². The van der Waals surface area contributed by atoms with E-state index in [4.69, 9.17) is 9.47 Å². The first-order chi connectivity index (χ1) is 9.75. The molecule has 1 aliphatic carbocycles. The number of rotatable bonds is 8. The fourth-order valence-corrected chi connectivity index (χ4v) is 2.03. The third kappa shape index (κ3) is 3.93. The van der Waals surface area contributed by atoms with E-state index in [1.807, 2.05) is 13.8 Å². The molecule has 1 aliphatic rings. The predicted octanol–water partition coefficient (Wildman–Crippen LogP) is 1.68. The van der Waals surface area contributed by atoms with Crippen LogP contribution in [-0.4, -0.2) is 47.4 Å². The fourth-order valence-electron chi connectivity index (χ4n) is 2.03. The SMILES string of the molecule is CCCOc1nc(NC)nc(NC2CC(OCC)C2)n1. The van der Waals surface area contributed by atoms with Crippen molar-refractivity contribution in [3.05, 3.63) is 0 Å². The summed E-state index contributed by atoms with van der Waals surface area (Å²) in [6.45, 7) is 5.43. The lowest BCUT2D eigenvalue weighted by molar-refractivity contribution is 0.00284. The Morgan fingerprint density at radius 1 is 1.15 bits per heavy atom. The van der Waals surface area contributed by atoms with Crippen molar-refractivity contribution in [2.24, 2.45) is 0 Å². The zero-order valence-corrected chi connectivity index (χ0v) is 12.3. The Hall–Kier alpha value is -1.63. The van der Waals surface area contributed by atoms with Gasteiger partial charge in [-0.2, -0.15) is 15.0 Å². The molecule has 0 aromatic carbocycles. The Kier molecular flexibility index (Phi) is 5.34. The van der Waals surface area contributed by atoms with Crippen LogP contribution in [0.1, 0.15) is 33.1 Å². The van der Waals surface area contributed by atoms with E-state index >= 15 is 0 Å². The molecule has 0 amide bonds. The minimum Gasteiger partial charge on any atom is -0.463 e. The van der Waals surface area contributed by atoms with Crippen molar-refractivity contribution in [1.29, 1.82) is 0 Å². The summed E-state index contributed by atoms with van der Waals surface area (Å²) in [5.74, 6) is 1.06. The largest absolute Gasteiger partial charge is 0.463 e. The first-order valence-electron chi connectivity index (χ1n) is 7.19. The van der Waals surface area contributed by atoms with E-state index in [0.717, 1.165) is 25.9 Å². The molecular formula is C13H23N5O2. The summed E-state index contributed by atoms with van der Waals surface area (Å²) in [5, 5.41) is 6.21. The Morgan fingerprint density at radius 3 is 2.55 bits per heavy atom. The van der Waals surface area contributed by atoms with Gasteiger partial charge in [0.15, 0.2) is 0 Å². The van der Waals surface area contributed by atoms with E-state index in [1.54, 1.807) is 7.05 Å². The monoisotopic (exact) mass is 281 g/mol. The second kappa shape index (κ2) is 7.23. The fraction of sp³-hybridized carbons (Fsp3) is 0.769. The lowest BCUT2D eigenvalue weighted by atomic mass is 9.89. The molecule has 0 bridgehead atoms.